The minimum Gasteiger partial charge on any atom is -0.363 e. The van der Waals surface area contributed by atoms with Crippen LogP contribution in [0.5, 0.6) is 0 Å². The summed E-state index contributed by atoms with van der Waals surface area (Å²) in [5.74, 6) is 1.45. The van der Waals surface area contributed by atoms with Gasteiger partial charge in [-0.2, -0.15) is 18.2 Å². The van der Waals surface area contributed by atoms with Crippen LogP contribution in [0.2, 0.25) is 0 Å². The molecule has 148 valence electrons. The standard InChI is InChI=1S/C17H24F3N7/c1-11(2)9-26-10-21-24-15(26)12-6-5-7-27(12)16-22-13(17(18,19)20)8-14(23-16)25(3)4/h8,10-12H,5-7,9H2,1-4H3. The van der Waals surface area contributed by atoms with Crippen molar-refractivity contribution in [1.29, 1.82) is 0 Å². The molecule has 1 unspecified atom stereocenters. The molecule has 0 saturated carbocycles. The van der Waals surface area contributed by atoms with Gasteiger partial charge in [0.2, 0.25) is 5.95 Å². The molecule has 0 N–H and O–H groups in total. The first-order valence-electron chi connectivity index (χ1n) is 8.94. The van der Waals surface area contributed by atoms with Crippen LogP contribution in [0.15, 0.2) is 12.4 Å². The molecule has 0 spiro atoms. The molecule has 0 amide bonds. The minimum atomic E-state index is -4.53. The van der Waals surface area contributed by atoms with Crippen LogP contribution in [-0.2, 0) is 12.7 Å². The van der Waals surface area contributed by atoms with Crippen molar-refractivity contribution in [1.82, 2.24) is 24.7 Å². The lowest BCUT2D eigenvalue weighted by Gasteiger charge is -2.26. The summed E-state index contributed by atoms with van der Waals surface area (Å²) in [4.78, 5) is 11.5. The zero-order chi connectivity index (χ0) is 19.8. The molecule has 0 bridgehead atoms. The Balaban J connectivity index is 2.00. The summed E-state index contributed by atoms with van der Waals surface area (Å²) in [5.41, 5.74) is -0.939. The van der Waals surface area contributed by atoms with Crippen molar-refractivity contribution in [2.75, 3.05) is 30.4 Å². The SMILES string of the molecule is CC(C)Cn1cnnc1C1CCCN1c1nc(N(C)C)cc(C(F)(F)F)n1. The highest BCUT2D eigenvalue weighted by Gasteiger charge is 2.37. The van der Waals surface area contributed by atoms with Gasteiger partial charge < -0.3 is 14.4 Å². The number of nitrogens with zero attached hydrogens (tertiary/aromatic N) is 7. The number of halogens is 3. The van der Waals surface area contributed by atoms with Gasteiger partial charge in [0.15, 0.2) is 11.5 Å². The Bertz CT molecular complexity index is 785. The number of aromatic nitrogens is 5. The third kappa shape index (κ3) is 4.14. The van der Waals surface area contributed by atoms with Crippen LogP contribution >= 0.6 is 0 Å². The maximum atomic E-state index is 13.3. The van der Waals surface area contributed by atoms with Gasteiger partial charge >= 0.3 is 6.18 Å². The molecule has 1 fully saturated rings. The second kappa shape index (κ2) is 7.32. The van der Waals surface area contributed by atoms with E-state index >= 15 is 0 Å². The number of hydrogen-bond donors (Lipinski definition) is 0. The molecule has 0 aliphatic carbocycles. The molecule has 2 aromatic heterocycles. The molecule has 2 aromatic rings. The predicted molar refractivity (Wildman–Crippen MR) is 95.5 cm³/mol. The number of anilines is 2. The molecular weight excluding hydrogens is 359 g/mol. The van der Waals surface area contributed by atoms with Crippen molar-refractivity contribution in [3.8, 4) is 0 Å². The second-order valence-electron chi connectivity index (χ2n) is 7.39. The quantitative estimate of drug-likeness (QED) is 0.790. The van der Waals surface area contributed by atoms with E-state index in [4.69, 9.17) is 0 Å². The first-order chi connectivity index (χ1) is 12.7. The summed E-state index contributed by atoms with van der Waals surface area (Å²) in [6.07, 6.45) is -1.26. The number of alkyl halides is 3. The van der Waals surface area contributed by atoms with Crippen LogP contribution in [0.1, 0.15) is 44.2 Å². The van der Waals surface area contributed by atoms with Crippen molar-refractivity contribution >= 4 is 11.8 Å². The Kier molecular flexibility index (Phi) is 5.25. The zero-order valence-electron chi connectivity index (χ0n) is 15.9. The van der Waals surface area contributed by atoms with E-state index in [0.29, 0.717) is 12.5 Å². The highest BCUT2D eigenvalue weighted by molar-refractivity contribution is 5.47. The lowest BCUT2D eigenvalue weighted by atomic mass is 10.2. The molecule has 7 nitrogen and oxygen atoms in total. The molecule has 0 aromatic carbocycles. The Morgan fingerprint density at radius 1 is 1.26 bits per heavy atom. The largest absolute Gasteiger partial charge is 0.433 e. The summed E-state index contributed by atoms with van der Waals surface area (Å²) in [7, 11) is 3.32. The van der Waals surface area contributed by atoms with E-state index in [9.17, 15) is 13.2 Å². The van der Waals surface area contributed by atoms with Crippen molar-refractivity contribution < 1.29 is 13.2 Å². The van der Waals surface area contributed by atoms with E-state index in [0.717, 1.165) is 31.3 Å². The van der Waals surface area contributed by atoms with Gasteiger partial charge in [-0.05, 0) is 18.8 Å². The first kappa shape index (κ1) is 19.4. The van der Waals surface area contributed by atoms with E-state index in [-0.39, 0.29) is 17.8 Å². The fourth-order valence-corrected chi connectivity index (χ4v) is 3.26. The van der Waals surface area contributed by atoms with Crippen LogP contribution in [0.25, 0.3) is 0 Å². The fourth-order valence-electron chi connectivity index (χ4n) is 3.26. The van der Waals surface area contributed by atoms with Crippen molar-refractivity contribution in [2.45, 2.75) is 45.5 Å². The normalized spacial score (nSPS) is 17.8. The number of rotatable bonds is 5. The van der Waals surface area contributed by atoms with Crippen LogP contribution in [0.3, 0.4) is 0 Å². The molecule has 0 radical (unpaired) electrons. The van der Waals surface area contributed by atoms with Crippen molar-refractivity contribution in [3.05, 3.63) is 23.9 Å². The van der Waals surface area contributed by atoms with Crippen molar-refractivity contribution in [2.24, 2.45) is 5.92 Å². The average Bonchev–Trinajstić information content (AvgIpc) is 3.21. The molecule has 1 aliphatic rings. The smallest absolute Gasteiger partial charge is 0.363 e. The third-order valence-electron chi connectivity index (χ3n) is 4.46. The van der Waals surface area contributed by atoms with Gasteiger partial charge in [-0.3, -0.25) is 0 Å². The third-order valence-corrected chi connectivity index (χ3v) is 4.46. The molecule has 3 rings (SSSR count). The Morgan fingerprint density at radius 2 is 2.00 bits per heavy atom. The van der Waals surface area contributed by atoms with Gasteiger partial charge in [-0.25, -0.2) is 4.98 Å². The van der Waals surface area contributed by atoms with E-state index in [1.54, 1.807) is 25.3 Å². The van der Waals surface area contributed by atoms with Gasteiger partial charge in [-0.15, -0.1) is 10.2 Å². The Labute approximate surface area is 156 Å². The van der Waals surface area contributed by atoms with E-state index in [2.05, 4.69) is 34.0 Å². The molecule has 1 atom stereocenters. The molecule has 3 heterocycles. The average molecular weight is 383 g/mol. The van der Waals surface area contributed by atoms with Gasteiger partial charge in [-0.1, -0.05) is 13.8 Å². The van der Waals surface area contributed by atoms with Crippen LogP contribution in [-0.4, -0.2) is 45.4 Å². The summed E-state index contributed by atoms with van der Waals surface area (Å²) in [6, 6.07) is 0.778. The van der Waals surface area contributed by atoms with Crippen LogP contribution in [0.4, 0.5) is 24.9 Å². The highest BCUT2D eigenvalue weighted by Crippen LogP contribution is 2.36. The first-order valence-corrected chi connectivity index (χ1v) is 8.94. The molecule has 1 saturated heterocycles. The Morgan fingerprint density at radius 3 is 2.63 bits per heavy atom. The fraction of sp³-hybridized carbons (Fsp3) is 0.647. The summed E-state index contributed by atoms with van der Waals surface area (Å²) < 4.78 is 41.9. The van der Waals surface area contributed by atoms with Gasteiger partial charge in [0, 0.05) is 33.3 Å². The predicted octanol–water partition coefficient (Wildman–Crippen LogP) is 3.15. The van der Waals surface area contributed by atoms with Gasteiger partial charge in [0.1, 0.15) is 12.1 Å². The summed E-state index contributed by atoms with van der Waals surface area (Å²) >= 11 is 0. The van der Waals surface area contributed by atoms with E-state index < -0.39 is 11.9 Å². The topological polar surface area (TPSA) is 63.0 Å². The summed E-state index contributed by atoms with van der Waals surface area (Å²) in [5, 5.41) is 8.25. The van der Waals surface area contributed by atoms with Crippen LogP contribution in [0, 0.1) is 5.92 Å². The van der Waals surface area contributed by atoms with E-state index in [1.165, 1.54) is 0 Å². The minimum absolute atomic E-state index is 0.0788. The van der Waals surface area contributed by atoms with Gasteiger partial charge in [0.05, 0.1) is 6.04 Å². The summed E-state index contributed by atoms with van der Waals surface area (Å²) in [6.45, 7) is 5.51. The lowest BCUT2D eigenvalue weighted by molar-refractivity contribution is -0.141. The second-order valence-corrected chi connectivity index (χ2v) is 7.39. The lowest BCUT2D eigenvalue weighted by Crippen LogP contribution is -2.29. The Hall–Kier alpha value is -2.39. The maximum Gasteiger partial charge on any atom is 0.433 e. The van der Waals surface area contributed by atoms with Crippen LogP contribution < -0.4 is 9.80 Å². The van der Waals surface area contributed by atoms with Crippen molar-refractivity contribution in [3.63, 3.8) is 0 Å². The maximum absolute atomic E-state index is 13.3. The molecular formula is C17H24F3N7. The van der Waals surface area contributed by atoms with Gasteiger partial charge in [0.25, 0.3) is 0 Å². The number of hydrogen-bond acceptors (Lipinski definition) is 6. The molecule has 27 heavy (non-hydrogen) atoms. The van der Waals surface area contributed by atoms with E-state index in [1.807, 2.05) is 9.47 Å². The molecule has 1 aliphatic heterocycles. The highest BCUT2D eigenvalue weighted by atomic mass is 19.4. The zero-order valence-corrected chi connectivity index (χ0v) is 15.9. The molecule has 10 heteroatoms. The monoisotopic (exact) mass is 383 g/mol.